The molecule has 3 heteroatoms. The summed E-state index contributed by atoms with van der Waals surface area (Å²) < 4.78 is 0. The molecule has 2 aliphatic rings. The van der Waals surface area contributed by atoms with Crippen LogP contribution in [-0.4, -0.2) is 15.0 Å². The zero-order valence-corrected chi connectivity index (χ0v) is 29.4. The molecule has 0 radical (unpaired) electrons. The highest BCUT2D eigenvalue weighted by Crippen LogP contribution is 2.63. The Balaban J connectivity index is 0.00000184. The Morgan fingerprint density at radius 2 is 0.824 bits per heavy atom. The van der Waals surface area contributed by atoms with Gasteiger partial charge in [0.2, 0.25) is 0 Å². The van der Waals surface area contributed by atoms with E-state index in [1.54, 1.807) is 0 Å². The van der Waals surface area contributed by atoms with E-state index in [1.807, 2.05) is 38.1 Å². The lowest BCUT2D eigenvalue weighted by Crippen LogP contribution is -2.26. The summed E-state index contributed by atoms with van der Waals surface area (Å²) in [6.07, 6.45) is 4.57. The SMILES string of the molecule is C/C=C1\C(=C/C)C2(c3ccccc31)c1ccccc1-c1ccc(-c3nc(-c4ccccc4)nc(-c4ccc(-c5ccccc5)cc4)n3)cc12.CC. The second-order valence-electron chi connectivity index (χ2n) is 12.6. The van der Waals surface area contributed by atoms with Crippen LogP contribution in [0, 0.1) is 0 Å². The third-order valence-electron chi connectivity index (χ3n) is 10.1. The highest BCUT2D eigenvalue weighted by Gasteiger charge is 2.52. The van der Waals surface area contributed by atoms with Gasteiger partial charge in [-0.1, -0.05) is 172 Å². The molecule has 51 heavy (non-hydrogen) atoms. The summed E-state index contributed by atoms with van der Waals surface area (Å²) in [5.41, 5.74) is 15.1. The first-order valence-corrected chi connectivity index (χ1v) is 17.9. The molecule has 7 aromatic rings. The van der Waals surface area contributed by atoms with Crippen molar-refractivity contribution in [2.24, 2.45) is 0 Å². The van der Waals surface area contributed by atoms with Crippen molar-refractivity contribution in [3.05, 3.63) is 192 Å². The Bertz CT molecular complexity index is 2440. The van der Waals surface area contributed by atoms with Gasteiger partial charge >= 0.3 is 0 Å². The van der Waals surface area contributed by atoms with Crippen LogP contribution in [0.25, 0.3) is 62.0 Å². The summed E-state index contributed by atoms with van der Waals surface area (Å²) in [7, 11) is 0. The van der Waals surface area contributed by atoms with Crippen molar-refractivity contribution in [2.45, 2.75) is 33.1 Å². The Kier molecular flexibility index (Phi) is 8.33. The predicted molar refractivity (Wildman–Crippen MR) is 212 cm³/mol. The molecular formula is C48H39N3. The second-order valence-corrected chi connectivity index (χ2v) is 12.6. The molecule has 0 N–H and O–H groups in total. The normalized spacial score (nSPS) is 16.8. The number of aromatic nitrogens is 3. The molecule has 1 heterocycles. The Morgan fingerprint density at radius 1 is 0.392 bits per heavy atom. The van der Waals surface area contributed by atoms with Crippen molar-refractivity contribution in [2.75, 3.05) is 0 Å². The standard InChI is InChI=1S/C46H33N3.C2H6/c1-3-35-36-19-11-13-21-40(36)46(39(35)4-2)41-22-14-12-20-37(41)38-28-27-34(29-42(38)46)45-48-43(32-17-9-6-10-18-32)47-44(49-45)33-25-23-31(24-26-33)30-15-7-5-8-16-30;1-2/h3-29H,1-2H3;1-2H3/b35-3-,39-4+;. The van der Waals surface area contributed by atoms with Crippen LogP contribution in [0.5, 0.6) is 0 Å². The van der Waals surface area contributed by atoms with Gasteiger partial charge in [0.25, 0.3) is 0 Å². The van der Waals surface area contributed by atoms with Gasteiger partial charge in [0, 0.05) is 16.7 Å². The minimum atomic E-state index is -0.430. The van der Waals surface area contributed by atoms with E-state index in [0.717, 1.165) is 22.3 Å². The van der Waals surface area contributed by atoms with Crippen LogP contribution in [0.2, 0.25) is 0 Å². The summed E-state index contributed by atoms with van der Waals surface area (Å²) in [6, 6.07) is 53.7. The van der Waals surface area contributed by atoms with Gasteiger partial charge in [-0.3, -0.25) is 0 Å². The molecule has 6 aromatic carbocycles. The number of hydrogen-bond acceptors (Lipinski definition) is 3. The molecule has 0 fully saturated rings. The third kappa shape index (κ3) is 5.08. The first-order valence-electron chi connectivity index (χ1n) is 17.9. The maximum atomic E-state index is 5.16. The Labute approximate surface area is 300 Å². The van der Waals surface area contributed by atoms with Crippen LogP contribution in [-0.2, 0) is 5.41 Å². The first kappa shape index (κ1) is 32.0. The molecule has 0 bridgehead atoms. The number of benzene rings is 6. The zero-order valence-electron chi connectivity index (χ0n) is 29.4. The van der Waals surface area contributed by atoms with Gasteiger partial charge in [-0.25, -0.2) is 15.0 Å². The van der Waals surface area contributed by atoms with Crippen molar-refractivity contribution in [1.29, 1.82) is 0 Å². The molecule has 1 unspecified atom stereocenters. The lowest BCUT2D eigenvalue weighted by molar-refractivity contribution is 0.792. The number of rotatable bonds is 4. The summed E-state index contributed by atoms with van der Waals surface area (Å²) in [5, 5.41) is 0. The topological polar surface area (TPSA) is 38.7 Å². The van der Waals surface area contributed by atoms with Crippen LogP contribution >= 0.6 is 0 Å². The molecule has 2 aliphatic carbocycles. The van der Waals surface area contributed by atoms with E-state index in [9.17, 15) is 0 Å². The quantitative estimate of drug-likeness (QED) is 0.189. The van der Waals surface area contributed by atoms with Crippen molar-refractivity contribution >= 4 is 5.57 Å². The minimum Gasteiger partial charge on any atom is -0.208 e. The summed E-state index contributed by atoms with van der Waals surface area (Å²) >= 11 is 0. The number of fused-ring (bicyclic) bond motifs is 7. The van der Waals surface area contributed by atoms with Gasteiger partial charge in [0.1, 0.15) is 0 Å². The third-order valence-corrected chi connectivity index (χ3v) is 10.1. The molecule has 9 rings (SSSR count). The zero-order chi connectivity index (χ0) is 35.0. The molecule has 3 nitrogen and oxygen atoms in total. The van der Waals surface area contributed by atoms with Crippen molar-refractivity contribution in [3.63, 3.8) is 0 Å². The molecule has 0 amide bonds. The summed E-state index contributed by atoms with van der Waals surface area (Å²) in [4.78, 5) is 15.3. The second kappa shape index (κ2) is 13.3. The van der Waals surface area contributed by atoms with E-state index in [0.29, 0.717) is 17.5 Å². The number of nitrogens with zero attached hydrogens (tertiary/aromatic N) is 3. The van der Waals surface area contributed by atoms with E-state index >= 15 is 0 Å². The number of allylic oxidation sites excluding steroid dienone is 4. The van der Waals surface area contributed by atoms with E-state index in [-0.39, 0.29) is 0 Å². The van der Waals surface area contributed by atoms with Crippen molar-refractivity contribution in [1.82, 2.24) is 15.0 Å². The molecule has 0 saturated carbocycles. The molecule has 1 aromatic heterocycles. The number of hydrogen-bond donors (Lipinski definition) is 0. The summed E-state index contributed by atoms with van der Waals surface area (Å²) in [6.45, 7) is 8.32. The fraction of sp³-hybridized carbons (Fsp3) is 0.104. The molecule has 1 atom stereocenters. The lowest BCUT2D eigenvalue weighted by atomic mass is 9.70. The largest absolute Gasteiger partial charge is 0.208 e. The van der Waals surface area contributed by atoms with Gasteiger partial charge in [0.15, 0.2) is 17.5 Å². The van der Waals surface area contributed by atoms with Crippen LogP contribution in [0.4, 0.5) is 0 Å². The van der Waals surface area contributed by atoms with E-state index < -0.39 is 5.41 Å². The molecule has 0 saturated heterocycles. The van der Waals surface area contributed by atoms with Crippen LogP contribution < -0.4 is 0 Å². The average Bonchev–Trinajstić information content (AvgIpc) is 3.68. The van der Waals surface area contributed by atoms with Gasteiger partial charge in [0.05, 0.1) is 5.41 Å². The van der Waals surface area contributed by atoms with Crippen molar-refractivity contribution in [3.8, 4) is 56.4 Å². The lowest BCUT2D eigenvalue weighted by Gasteiger charge is -2.31. The highest BCUT2D eigenvalue weighted by atomic mass is 15.0. The smallest absolute Gasteiger partial charge is 0.164 e. The maximum Gasteiger partial charge on any atom is 0.164 e. The van der Waals surface area contributed by atoms with Crippen LogP contribution in [0.1, 0.15) is 49.9 Å². The fourth-order valence-electron chi connectivity index (χ4n) is 8.01. The molecule has 246 valence electrons. The molecule has 1 spiro atoms. The monoisotopic (exact) mass is 657 g/mol. The van der Waals surface area contributed by atoms with Gasteiger partial charge in [-0.05, 0) is 75.6 Å². The van der Waals surface area contributed by atoms with E-state index in [4.69, 9.17) is 15.0 Å². The van der Waals surface area contributed by atoms with Crippen LogP contribution in [0.3, 0.4) is 0 Å². The maximum absolute atomic E-state index is 5.16. The van der Waals surface area contributed by atoms with Gasteiger partial charge in [-0.2, -0.15) is 0 Å². The van der Waals surface area contributed by atoms with Gasteiger partial charge in [-0.15, -0.1) is 0 Å². The van der Waals surface area contributed by atoms with Gasteiger partial charge < -0.3 is 0 Å². The Morgan fingerprint density at radius 3 is 1.43 bits per heavy atom. The highest BCUT2D eigenvalue weighted by molar-refractivity contribution is 6.00. The van der Waals surface area contributed by atoms with Crippen LogP contribution in [0.15, 0.2) is 169 Å². The minimum absolute atomic E-state index is 0.430. The van der Waals surface area contributed by atoms with E-state index in [1.165, 1.54) is 50.1 Å². The van der Waals surface area contributed by atoms with Crippen molar-refractivity contribution < 1.29 is 0 Å². The predicted octanol–water partition coefficient (Wildman–Crippen LogP) is 12.2. The fourth-order valence-corrected chi connectivity index (χ4v) is 8.01. The molecular weight excluding hydrogens is 619 g/mol. The molecule has 0 aliphatic heterocycles. The first-order chi connectivity index (χ1) is 25.2. The average molecular weight is 658 g/mol. The summed E-state index contributed by atoms with van der Waals surface area (Å²) in [5.74, 6) is 1.96. The Hall–Kier alpha value is -6.19. The van der Waals surface area contributed by atoms with E-state index in [2.05, 4.69) is 153 Å².